The predicted octanol–water partition coefficient (Wildman–Crippen LogP) is 5.22. The second kappa shape index (κ2) is 7.63. The SMILES string of the molecule is CCCCN(c1ccccc1)c1ccc(C(=O)CC)cc1. The van der Waals surface area contributed by atoms with Crippen LogP contribution in [-0.2, 0) is 0 Å². The molecule has 0 aliphatic heterocycles. The van der Waals surface area contributed by atoms with Crippen molar-refractivity contribution in [2.24, 2.45) is 0 Å². The van der Waals surface area contributed by atoms with Crippen molar-refractivity contribution < 1.29 is 4.79 Å². The Balaban J connectivity index is 2.26. The van der Waals surface area contributed by atoms with Gasteiger partial charge in [-0.05, 0) is 42.8 Å². The molecule has 0 saturated carbocycles. The molecule has 0 amide bonds. The summed E-state index contributed by atoms with van der Waals surface area (Å²) in [5, 5.41) is 0. The molecule has 110 valence electrons. The highest BCUT2D eigenvalue weighted by atomic mass is 16.1. The number of unbranched alkanes of at least 4 members (excludes halogenated alkanes) is 1. The molecule has 2 nitrogen and oxygen atoms in total. The molecule has 2 rings (SSSR count). The average Bonchev–Trinajstić information content (AvgIpc) is 2.56. The van der Waals surface area contributed by atoms with Crippen LogP contribution in [0.25, 0.3) is 0 Å². The number of Topliss-reactive ketones (excluding diaryl/α,β-unsaturated/α-hetero) is 1. The Morgan fingerprint density at radius 2 is 1.52 bits per heavy atom. The van der Waals surface area contributed by atoms with E-state index in [2.05, 4.69) is 36.1 Å². The molecule has 0 atom stereocenters. The summed E-state index contributed by atoms with van der Waals surface area (Å²) < 4.78 is 0. The Bertz CT molecular complexity index is 560. The van der Waals surface area contributed by atoms with Gasteiger partial charge in [0.05, 0.1) is 0 Å². The van der Waals surface area contributed by atoms with Crippen molar-refractivity contribution in [1.29, 1.82) is 0 Å². The lowest BCUT2D eigenvalue weighted by Gasteiger charge is -2.25. The molecule has 0 saturated heterocycles. The van der Waals surface area contributed by atoms with Crippen molar-refractivity contribution in [2.45, 2.75) is 33.1 Å². The second-order valence-corrected chi connectivity index (χ2v) is 5.16. The van der Waals surface area contributed by atoms with E-state index in [1.165, 1.54) is 5.69 Å². The van der Waals surface area contributed by atoms with Crippen LogP contribution in [-0.4, -0.2) is 12.3 Å². The summed E-state index contributed by atoms with van der Waals surface area (Å²) in [6.45, 7) is 5.08. The summed E-state index contributed by atoms with van der Waals surface area (Å²) in [4.78, 5) is 14.0. The topological polar surface area (TPSA) is 20.3 Å². The van der Waals surface area contributed by atoms with Crippen molar-refractivity contribution in [3.63, 3.8) is 0 Å². The van der Waals surface area contributed by atoms with Crippen LogP contribution in [0, 0.1) is 0 Å². The molecule has 0 N–H and O–H groups in total. The Labute approximate surface area is 127 Å². The predicted molar refractivity (Wildman–Crippen MR) is 89.4 cm³/mol. The maximum absolute atomic E-state index is 11.7. The van der Waals surface area contributed by atoms with Gasteiger partial charge in [0, 0.05) is 29.9 Å². The van der Waals surface area contributed by atoms with Gasteiger partial charge in [0.1, 0.15) is 0 Å². The maximum Gasteiger partial charge on any atom is 0.162 e. The first-order valence-corrected chi connectivity index (χ1v) is 7.72. The molecule has 0 bridgehead atoms. The third-order valence-corrected chi connectivity index (χ3v) is 3.63. The van der Waals surface area contributed by atoms with Gasteiger partial charge in [-0.2, -0.15) is 0 Å². The molecular weight excluding hydrogens is 258 g/mol. The molecule has 0 radical (unpaired) electrons. The quantitative estimate of drug-likeness (QED) is 0.649. The molecule has 21 heavy (non-hydrogen) atoms. The number of carbonyl (C=O) groups excluding carboxylic acids is 1. The van der Waals surface area contributed by atoms with E-state index in [0.29, 0.717) is 6.42 Å². The van der Waals surface area contributed by atoms with Crippen LogP contribution in [0.3, 0.4) is 0 Å². The molecule has 2 aromatic rings. The first kappa shape index (κ1) is 15.3. The fourth-order valence-corrected chi connectivity index (χ4v) is 2.36. The van der Waals surface area contributed by atoms with Crippen LogP contribution < -0.4 is 4.90 Å². The minimum Gasteiger partial charge on any atom is -0.341 e. The lowest BCUT2D eigenvalue weighted by atomic mass is 10.1. The zero-order valence-electron chi connectivity index (χ0n) is 12.9. The van der Waals surface area contributed by atoms with E-state index in [1.54, 1.807) is 0 Å². The molecular formula is C19H23NO. The van der Waals surface area contributed by atoms with Crippen molar-refractivity contribution in [2.75, 3.05) is 11.4 Å². The number of ketones is 1. The highest BCUT2D eigenvalue weighted by molar-refractivity contribution is 5.96. The Morgan fingerprint density at radius 3 is 2.10 bits per heavy atom. The largest absolute Gasteiger partial charge is 0.341 e. The number of hydrogen-bond donors (Lipinski definition) is 0. The van der Waals surface area contributed by atoms with Gasteiger partial charge in [-0.1, -0.05) is 38.5 Å². The van der Waals surface area contributed by atoms with Crippen LogP contribution in [0.2, 0.25) is 0 Å². The van der Waals surface area contributed by atoms with Crippen LogP contribution in [0.5, 0.6) is 0 Å². The Kier molecular flexibility index (Phi) is 5.56. The van der Waals surface area contributed by atoms with Gasteiger partial charge < -0.3 is 4.90 Å². The number of nitrogens with zero attached hydrogens (tertiary/aromatic N) is 1. The van der Waals surface area contributed by atoms with Crippen molar-refractivity contribution >= 4 is 17.2 Å². The van der Waals surface area contributed by atoms with Gasteiger partial charge in [-0.25, -0.2) is 0 Å². The van der Waals surface area contributed by atoms with Gasteiger partial charge in [0.25, 0.3) is 0 Å². The summed E-state index contributed by atoms with van der Waals surface area (Å²) in [5.74, 6) is 0.196. The number of rotatable bonds is 7. The van der Waals surface area contributed by atoms with E-state index in [9.17, 15) is 4.79 Å². The lowest BCUT2D eigenvalue weighted by molar-refractivity contribution is 0.0988. The molecule has 0 aliphatic carbocycles. The van der Waals surface area contributed by atoms with E-state index in [0.717, 1.165) is 30.6 Å². The third-order valence-electron chi connectivity index (χ3n) is 3.63. The van der Waals surface area contributed by atoms with Crippen molar-refractivity contribution in [1.82, 2.24) is 0 Å². The van der Waals surface area contributed by atoms with Crippen LogP contribution >= 0.6 is 0 Å². The first-order valence-electron chi connectivity index (χ1n) is 7.72. The number of anilines is 2. The van der Waals surface area contributed by atoms with E-state index in [-0.39, 0.29) is 5.78 Å². The summed E-state index contributed by atoms with van der Waals surface area (Å²) in [5.41, 5.74) is 3.13. The Morgan fingerprint density at radius 1 is 0.905 bits per heavy atom. The summed E-state index contributed by atoms with van der Waals surface area (Å²) in [6, 6.07) is 18.4. The molecule has 0 aliphatic rings. The van der Waals surface area contributed by atoms with Gasteiger partial charge in [-0.15, -0.1) is 0 Å². The standard InChI is InChI=1S/C19H23NO/c1-3-5-15-20(17-9-7-6-8-10-17)18-13-11-16(12-14-18)19(21)4-2/h6-14H,3-5,15H2,1-2H3. The smallest absolute Gasteiger partial charge is 0.162 e. The van der Waals surface area contributed by atoms with Crippen LogP contribution in [0.15, 0.2) is 54.6 Å². The minimum atomic E-state index is 0.196. The van der Waals surface area contributed by atoms with Gasteiger partial charge >= 0.3 is 0 Å². The molecule has 0 spiro atoms. The van der Waals surface area contributed by atoms with Gasteiger partial charge in [0.15, 0.2) is 5.78 Å². The normalized spacial score (nSPS) is 10.4. The molecule has 0 fully saturated rings. The summed E-state index contributed by atoms with van der Waals surface area (Å²) in [6.07, 6.45) is 2.86. The van der Waals surface area contributed by atoms with E-state index < -0.39 is 0 Å². The highest BCUT2D eigenvalue weighted by Gasteiger charge is 2.09. The molecule has 0 aromatic heterocycles. The van der Waals surface area contributed by atoms with Gasteiger partial charge in [0.2, 0.25) is 0 Å². The Hall–Kier alpha value is -2.09. The number of hydrogen-bond acceptors (Lipinski definition) is 2. The fourth-order valence-electron chi connectivity index (χ4n) is 2.36. The second-order valence-electron chi connectivity index (χ2n) is 5.16. The molecule has 0 heterocycles. The minimum absolute atomic E-state index is 0.196. The zero-order chi connectivity index (χ0) is 15.1. The molecule has 2 heteroatoms. The number of carbonyl (C=O) groups is 1. The summed E-state index contributed by atoms with van der Waals surface area (Å²) >= 11 is 0. The third kappa shape index (κ3) is 3.94. The van der Waals surface area contributed by atoms with Crippen LogP contribution in [0.1, 0.15) is 43.5 Å². The van der Waals surface area contributed by atoms with Crippen LogP contribution in [0.4, 0.5) is 11.4 Å². The highest BCUT2D eigenvalue weighted by Crippen LogP contribution is 2.26. The van der Waals surface area contributed by atoms with E-state index in [4.69, 9.17) is 0 Å². The maximum atomic E-state index is 11.7. The van der Waals surface area contributed by atoms with E-state index >= 15 is 0 Å². The van der Waals surface area contributed by atoms with Gasteiger partial charge in [-0.3, -0.25) is 4.79 Å². The van der Waals surface area contributed by atoms with Crippen molar-refractivity contribution in [3.8, 4) is 0 Å². The first-order chi connectivity index (χ1) is 10.3. The average molecular weight is 281 g/mol. The van der Waals surface area contributed by atoms with Crippen molar-refractivity contribution in [3.05, 3.63) is 60.2 Å². The fraction of sp³-hybridized carbons (Fsp3) is 0.316. The number of benzene rings is 2. The molecule has 2 aromatic carbocycles. The number of para-hydroxylation sites is 1. The van der Waals surface area contributed by atoms with E-state index in [1.807, 2.05) is 37.3 Å². The monoisotopic (exact) mass is 281 g/mol. The molecule has 0 unspecified atom stereocenters. The zero-order valence-corrected chi connectivity index (χ0v) is 12.9. The summed E-state index contributed by atoms with van der Waals surface area (Å²) in [7, 11) is 0. The lowest BCUT2D eigenvalue weighted by Crippen LogP contribution is -2.18.